The Morgan fingerprint density at radius 1 is 1.37 bits per heavy atom. The lowest BCUT2D eigenvalue weighted by Gasteiger charge is -2.21. The molecule has 0 saturated heterocycles. The molecule has 1 N–H and O–H groups in total. The molecule has 0 radical (unpaired) electrons. The maximum Gasteiger partial charge on any atom is 0.389 e. The summed E-state index contributed by atoms with van der Waals surface area (Å²) in [6, 6.07) is 1.86. The molecule has 1 aromatic heterocycles. The number of halogens is 3. The molecule has 1 atom stereocenters. The first-order valence-corrected chi connectivity index (χ1v) is 6.64. The third-order valence-electron chi connectivity index (χ3n) is 3.03. The molecular weight excluding hydrogens is 253 g/mol. The summed E-state index contributed by atoms with van der Waals surface area (Å²) in [5.74, 6) is 0. The van der Waals surface area contributed by atoms with Gasteiger partial charge in [0.15, 0.2) is 0 Å². The molecule has 5 heteroatoms. The highest BCUT2D eigenvalue weighted by Gasteiger charge is 2.27. The second kappa shape index (κ2) is 7.48. The van der Waals surface area contributed by atoms with E-state index >= 15 is 0 Å². The van der Waals surface area contributed by atoms with E-state index in [0.717, 1.165) is 24.1 Å². The predicted octanol–water partition coefficient (Wildman–Crippen LogP) is 4.16. The van der Waals surface area contributed by atoms with Gasteiger partial charge in [0.2, 0.25) is 0 Å². The number of aryl methyl sites for hydroxylation is 1. The molecule has 0 fully saturated rings. The van der Waals surface area contributed by atoms with Crippen LogP contribution in [0.5, 0.6) is 0 Å². The zero-order chi connectivity index (χ0) is 14.3. The quantitative estimate of drug-likeness (QED) is 0.807. The van der Waals surface area contributed by atoms with Gasteiger partial charge in [-0.2, -0.15) is 13.2 Å². The molecule has 19 heavy (non-hydrogen) atoms. The summed E-state index contributed by atoms with van der Waals surface area (Å²) >= 11 is 0. The van der Waals surface area contributed by atoms with Crippen molar-refractivity contribution in [3.05, 3.63) is 29.6 Å². The Hall–Kier alpha value is -1.10. The van der Waals surface area contributed by atoms with Gasteiger partial charge >= 0.3 is 6.18 Å². The lowest BCUT2D eigenvalue weighted by Crippen LogP contribution is -2.23. The van der Waals surface area contributed by atoms with Gasteiger partial charge in [-0.15, -0.1) is 0 Å². The highest BCUT2D eigenvalue weighted by Crippen LogP contribution is 2.27. The van der Waals surface area contributed by atoms with E-state index < -0.39 is 12.6 Å². The van der Waals surface area contributed by atoms with Crippen LogP contribution < -0.4 is 5.32 Å². The maximum absolute atomic E-state index is 12.2. The zero-order valence-electron chi connectivity index (χ0n) is 11.4. The minimum absolute atomic E-state index is 0.0229. The molecule has 0 aliphatic carbocycles. The Balaban J connectivity index is 2.64. The van der Waals surface area contributed by atoms with Crippen LogP contribution in [0, 0.1) is 6.92 Å². The van der Waals surface area contributed by atoms with E-state index in [-0.39, 0.29) is 12.5 Å². The van der Waals surface area contributed by atoms with E-state index in [1.165, 1.54) is 0 Å². The largest absolute Gasteiger partial charge is 0.389 e. The van der Waals surface area contributed by atoms with Crippen molar-refractivity contribution in [3.8, 4) is 0 Å². The topological polar surface area (TPSA) is 24.9 Å². The molecule has 0 saturated carbocycles. The third kappa shape index (κ3) is 6.05. The van der Waals surface area contributed by atoms with Gasteiger partial charge in [-0.1, -0.05) is 6.92 Å². The molecule has 0 amide bonds. The second-order valence-electron chi connectivity index (χ2n) is 4.75. The van der Waals surface area contributed by atoms with Gasteiger partial charge in [0, 0.05) is 24.9 Å². The summed E-state index contributed by atoms with van der Waals surface area (Å²) in [5, 5.41) is 3.32. The van der Waals surface area contributed by atoms with Crippen molar-refractivity contribution >= 4 is 0 Å². The van der Waals surface area contributed by atoms with Gasteiger partial charge in [-0.25, -0.2) is 0 Å². The van der Waals surface area contributed by atoms with E-state index in [1.54, 1.807) is 12.4 Å². The Bertz CT molecular complexity index is 377. The summed E-state index contributed by atoms with van der Waals surface area (Å²) in [5.41, 5.74) is 2.06. The molecule has 1 aromatic rings. The molecule has 0 aliphatic heterocycles. The molecule has 1 heterocycles. The van der Waals surface area contributed by atoms with Crippen molar-refractivity contribution in [1.82, 2.24) is 10.3 Å². The SMILES string of the molecule is CCCNC(CCCC(F)(F)F)c1ccncc1C. The maximum atomic E-state index is 12.2. The van der Waals surface area contributed by atoms with Crippen molar-refractivity contribution in [2.75, 3.05) is 6.54 Å². The zero-order valence-corrected chi connectivity index (χ0v) is 11.4. The number of rotatable bonds is 7. The van der Waals surface area contributed by atoms with Gasteiger partial charge in [0.1, 0.15) is 0 Å². The molecule has 0 bridgehead atoms. The van der Waals surface area contributed by atoms with Gasteiger partial charge in [0.25, 0.3) is 0 Å². The Morgan fingerprint density at radius 2 is 2.11 bits per heavy atom. The first kappa shape index (κ1) is 16.0. The lowest BCUT2D eigenvalue weighted by atomic mass is 9.98. The number of nitrogens with one attached hydrogen (secondary N) is 1. The summed E-state index contributed by atoms with van der Waals surface area (Å²) in [4.78, 5) is 4.02. The number of hydrogen-bond acceptors (Lipinski definition) is 2. The van der Waals surface area contributed by atoms with Gasteiger partial charge < -0.3 is 5.32 Å². The summed E-state index contributed by atoms with van der Waals surface area (Å²) in [7, 11) is 0. The first-order valence-electron chi connectivity index (χ1n) is 6.64. The Kier molecular flexibility index (Phi) is 6.28. The van der Waals surface area contributed by atoms with Crippen LogP contribution in [0.2, 0.25) is 0 Å². The average Bonchev–Trinajstić information content (AvgIpc) is 2.33. The van der Waals surface area contributed by atoms with Crippen LogP contribution in [0.25, 0.3) is 0 Å². The molecule has 0 spiro atoms. The Labute approximate surface area is 112 Å². The van der Waals surface area contributed by atoms with Crippen LogP contribution in [-0.2, 0) is 0 Å². The molecule has 1 unspecified atom stereocenters. The lowest BCUT2D eigenvalue weighted by molar-refractivity contribution is -0.135. The number of alkyl halides is 3. The van der Waals surface area contributed by atoms with Crippen molar-refractivity contribution in [2.45, 2.75) is 51.7 Å². The minimum Gasteiger partial charge on any atom is -0.310 e. The van der Waals surface area contributed by atoms with Crippen LogP contribution in [0.3, 0.4) is 0 Å². The summed E-state index contributed by atoms with van der Waals surface area (Å²) < 4.78 is 36.6. The van der Waals surface area contributed by atoms with Gasteiger partial charge in [-0.3, -0.25) is 4.98 Å². The highest BCUT2D eigenvalue weighted by atomic mass is 19.4. The number of nitrogens with zero attached hydrogens (tertiary/aromatic N) is 1. The number of pyridine rings is 1. The third-order valence-corrected chi connectivity index (χ3v) is 3.03. The summed E-state index contributed by atoms with van der Waals surface area (Å²) in [6.07, 6.45) is 0.243. The standard InChI is InChI=1S/C14H21F3N2/c1-3-8-19-13(5-4-7-14(15,16)17)12-6-9-18-10-11(12)2/h6,9-10,13,19H,3-5,7-8H2,1-2H3. The fourth-order valence-electron chi connectivity index (χ4n) is 2.07. The van der Waals surface area contributed by atoms with Crippen molar-refractivity contribution < 1.29 is 13.2 Å². The van der Waals surface area contributed by atoms with E-state index in [2.05, 4.69) is 10.3 Å². The average molecular weight is 274 g/mol. The molecule has 0 aromatic carbocycles. The van der Waals surface area contributed by atoms with Crippen molar-refractivity contribution in [1.29, 1.82) is 0 Å². The second-order valence-corrected chi connectivity index (χ2v) is 4.75. The van der Waals surface area contributed by atoms with Crippen LogP contribution >= 0.6 is 0 Å². The van der Waals surface area contributed by atoms with Crippen LogP contribution in [0.1, 0.15) is 49.8 Å². The van der Waals surface area contributed by atoms with E-state index in [9.17, 15) is 13.2 Å². The van der Waals surface area contributed by atoms with Crippen LogP contribution in [0.4, 0.5) is 13.2 Å². The van der Waals surface area contributed by atoms with Crippen molar-refractivity contribution in [3.63, 3.8) is 0 Å². The van der Waals surface area contributed by atoms with Gasteiger partial charge in [-0.05, 0) is 49.9 Å². The molecule has 108 valence electrons. The van der Waals surface area contributed by atoms with Crippen molar-refractivity contribution in [2.24, 2.45) is 0 Å². The molecule has 0 aliphatic rings. The van der Waals surface area contributed by atoms with Crippen LogP contribution in [0.15, 0.2) is 18.5 Å². The fourth-order valence-corrected chi connectivity index (χ4v) is 2.07. The molecule has 2 nitrogen and oxygen atoms in total. The van der Waals surface area contributed by atoms with E-state index in [0.29, 0.717) is 6.42 Å². The van der Waals surface area contributed by atoms with Gasteiger partial charge in [0.05, 0.1) is 0 Å². The highest BCUT2D eigenvalue weighted by molar-refractivity contribution is 5.25. The van der Waals surface area contributed by atoms with Crippen LogP contribution in [-0.4, -0.2) is 17.7 Å². The number of hydrogen-bond donors (Lipinski definition) is 1. The minimum atomic E-state index is -4.07. The number of aromatic nitrogens is 1. The molecule has 1 rings (SSSR count). The normalized spacial score (nSPS) is 13.5. The smallest absolute Gasteiger partial charge is 0.310 e. The molecular formula is C14H21F3N2. The van der Waals surface area contributed by atoms with E-state index in [4.69, 9.17) is 0 Å². The summed E-state index contributed by atoms with van der Waals surface area (Å²) in [6.45, 7) is 4.78. The monoisotopic (exact) mass is 274 g/mol. The first-order chi connectivity index (χ1) is 8.94. The van der Waals surface area contributed by atoms with E-state index in [1.807, 2.05) is 19.9 Å². The fraction of sp³-hybridized carbons (Fsp3) is 0.643. The Morgan fingerprint density at radius 3 is 2.68 bits per heavy atom. The predicted molar refractivity (Wildman–Crippen MR) is 69.9 cm³/mol.